The summed E-state index contributed by atoms with van der Waals surface area (Å²) in [5.41, 5.74) is 1.37. The summed E-state index contributed by atoms with van der Waals surface area (Å²) in [6.07, 6.45) is 7.15. The molecule has 1 aromatic rings. The van der Waals surface area contributed by atoms with Crippen LogP contribution in [0.3, 0.4) is 0 Å². The zero-order valence-corrected chi connectivity index (χ0v) is 12.8. The molecule has 108 valence electrons. The second-order valence-corrected chi connectivity index (χ2v) is 7.10. The summed E-state index contributed by atoms with van der Waals surface area (Å²) in [4.78, 5) is 28.3. The Bertz CT molecular complexity index is 513. The Balaban J connectivity index is 1.78. The maximum atomic E-state index is 12.7. The van der Waals surface area contributed by atoms with Crippen LogP contribution in [0.15, 0.2) is 6.07 Å². The maximum absolute atomic E-state index is 12.7. The van der Waals surface area contributed by atoms with E-state index in [9.17, 15) is 9.59 Å². The van der Waals surface area contributed by atoms with Crippen molar-refractivity contribution in [1.82, 2.24) is 4.90 Å². The van der Waals surface area contributed by atoms with Crippen molar-refractivity contribution in [2.45, 2.75) is 57.9 Å². The summed E-state index contributed by atoms with van der Waals surface area (Å²) < 4.78 is 0. The van der Waals surface area contributed by atoms with Gasteiger partial charge < -0.3 is 4.90 Å². The van der Waals surface area contributed by atoms with Crippen LogP contribution in [0.1, 0.15) is 59.1 Å². The van der Waals surface area contributed by atoms with E-state index in [4.69, 9.17) is 0 Å². The predicted molar refractivity (Wildman–Crippen MR) is 80.3 cm³/mol. The number of rotatable bonds is 3. The SMILES string of the molecule is CC(=O)CC1CCCCN1C(=O)c1cc2c(s1)CCC2. The van der Waals surface area contributed by atoms with Crippen LogP contribution in [-0.2, 0) is 17.6 Å². The molecule has 20 heavy (non-hydrogen) atoms. The number of likely N-dealkylation sites (tertiary alicyclic amines) is 1. The lowest BCUT2D eigenvalue weighted by molar-refractivity contribution is -0.118. The van der Waals surface area contributed by atoms with Crippen molar-refractivity contribution in [3.8, 4) is 0 Å². The molecule has 1 atom stereocenters. The molecule has 0 N–H and O–H groups in total. The zero-order chi connectivity index (χ0) is 14.1. The Kier molecular flexibility index (Phi) is 3.92. The van der Waals surface area contributed by atoms with Crippen LogP contribution >= 0.6 is 11.3 Å². The summed E-state index contributed by atoms with van der Waals surface area (Å²) >= 11 is 1.67. The van der Waals surface area contributed by atoms with Gasteiger partial charge in [-0.25, -0.2) is 0 Å². The van der Waals surface area contributed by atoms with Gasteiger partial charge in [0.25, 0.3) is 5.91 Å². The molecular weight excluding hydrogens is 270 g/mol. The molecule has 2 heterocycles. The average molecular weight is 291 g/mol. The molecule has 1 aliphatic heterocycles. The van der Waals surface area contributed by atoms with E-state index in [-0.39, 0.29) is 17.7 Å². The van der Waals surface area contributed by atoms with Crippen LogP contribution < -0.4 is 0 Å². The van der Waals surface area contributed by atoms with Crippen LogP contribution in [0.4, 0.5) is 0 Å². The molecule has 0 aromatic carbocycles. The number of nitrogens with zero attached hydrogens (tertiary/aromatic N) is 1. The molecule has 3 nitrogen and oxygen atoms in total. The quantitative estimate of drug-likeness (QED) is 0.857. The largest absolute Gasteiger partial charge is 0.335 e. The minimum Gasteiger partial charge on any atom is -0.335 e. The molecule has 2 aliphatic rings. The van der Waals surface area contributed by atoms with Gasteiger partial charge in [0.1, 0.15) is 5.78 Å². The van der Waals surface area contributed by atoms with Crippen molar-refractivity contribution in [1.29, 1.82) is 0 Å². The molecule has 1 aliphatic carbocycles. The van der Waals surface area contributed by atoms with Crippen molar-refractivity contribution in [2.75, 3.05) is 6.54 Å². The highest BCUT2D eigenvalue weighted by Crippen LogP contribution is 2.32. The first-order chi connectivity index (χ1) is 9.65. The second kappa shape index (κ2) is 5.68. The van der Waals surface area contributed by atoms with Crippen LogP contribution in [0, 0.1) is 0 Å². The number of ketones is 1. The monoisotopic (exact) mass is 291 g/mol. The maximum Gasteiger partial charge on any atom is 0.264 e. The molecule has 0 spiro atoms. The van der Waals surface area contributed by atoms with Crippen molar-refractivity contribution in [3.05, 3.63) is 21.4 Å². The third-order valence-electron chi connectivity index (χ3n) is 4.37. The minimum atomic E-state index is 0.116. The molecule has 3 rings (SSSR count). The van der Waals surface area contributed by atoms with E-state index < -0.39 is 0 Å². The van der Waals surface area contributed by atoms with E-state index >= 15 is 0 Å². The van der Waals surface area contributed by atoms with Crippen LogP contribution in [0.2, 0.25) is 0 Å². The van der Waals surface area contributed by atoms with Crippen molar-refractivity contribution in [2.24, 2.45) is 0 Å². The van der Waals surface area contributed by atoms with Crippen LogP contribution in [0.25, 0.3) is 0 Å². The number of amides is 1. The van der Waals surface area contributed by atoms with Gasteiger partial charge in [0.15, 0.2) is 0 Å². The van der Waals surface area contributed by atoms with Gasteiger partial charge in [0.2, 0.25) is 0 Å². The molecule has 1 fully saturated rings. The fraction of sp³-hybridized carbons (Fsp3) is 0.625. The van der Waals surface area contributed by atoms with E-state index in [0.29, 0.717) is 6.42 Å². The Morgan fingerprint density at radius 2 is 2.15 bits per heavy atom. The Hall–Kier alpha value is -1.16. The van der Waals surface area contributed by atoms with Gasteiger partial charge in [0, 0.05) is 23.9 Å². The number of carbonyl (C=O) groups excluding carboxylic acids is 2. The highest BCUT2D eigenvalue weighted by atomic mass is 32.1. The van der Waals surface area contributed by atoms with Crippen LogP contribution in [0.5, 0.6) is 0 Å². The number of thiophene rings is 1. The summed E-state index contributed by atoms with van der Waals surface area (Å²) in [5, 5.41) is 0. The topological polar surface area (TPSA) is 37.4 Å². The molecule has 1 aromatic heterocycles. The van der Waals surface area contributed by atoms with E-state index in [2.05, 4.69) is 6.07 Å². The standard InChI is InChI=1S/C16H21NO2S/c1-11(18)9-13-6-2-3-8-17(13)16(19)15-10-12-5-4-7-14(12)20-15/h10,13H,2-9H2,1H3. The Morgan fingerprint density at radius 3 is 2.90 bits per heavy atom. The van der Waals surface area contributed by atoms with Gasteiger partial charge in [-0.2, -0.15) is 0 Å². The Labute approximate surface area is 124 Å². The summed E-state index contributed by atoms with van der Waals surface area (Å²) in [7, 11) is 0. The Morgan fingerprint density at radius 1 is 1.30 bits per heavy atom. The van der Waals surface area contributed by atoms with Gasteiger partial charge >= 0.3 is 0 Å². The fourth-order valence-electron chi connectivity index (χ4n) is 3.39. The minimum absolute atomic E-state index is 0.116. The molecular formula is C16H21NO2S. The summed E-state index contributed by atoms with van der Waals surface area (Å²) in [6.45, 7) is 2.43. The predicted octanol–water partition coefficient (Wildman–Crippen LogP) is 3.21. The van der Waals surface area contributed by atoms with Crippen LogP contribution in [-0.4, -0.2) is 29.2 Å². The normalized spacial score (nSPS) is 21.9. The number of aryl methyl sites for hydroxylation is 2. The van der Waals surface area contributed by atoms with E-state index in [0.717, 1.165) is 43.5 Å². The number of hydrogen-bond acceptors (Lipinski definition) is 3. The lowest BCUT2D eigenvalue weighted by atomic mass is 9.97. The van der Waals surface area contributed by atoms with Crippen molar-refractivity contribution >= 4 is 23.0 Å². The number of carbonyl (C=O) groups is 2. The number of Topliss-reactive ketones (excluding diaryl/α,β-unsaturated/α-hetero) is 1. The fourth-order valence-corrected chi connectivity index (χ4v) is 4.60. The molecule has 4 heteroatoms. The second-order valence-electron chi connectivity index (χ2n) is 5.97. The van der Waals surface area contributed by atoms with Gasteiger partial charge in [-0.1, -0.05) is 0 Å². The van der Waals surface area contributed by atoms with Gasteiger partial charge in [0.05, 0.1) is 4.88 Å². The van der Waals surface area contributed by atoms with Gasteiger partial charge in [-0.05, 0) is 57.1 Å². The molecule has 1 saturated heterocycles. The summed E-state index contributed by atoms with van der Waals surface area (Å²) in [6, 6.07) is 2.21. The number of piperidine rings is 1. The average Bonchev–Trinajstić information content (AvgIpc) is 2.98. The molecule has 0 saturated carbocycles. The van der Waals surface area contributed by atoms with Gasteiger partial charge in [-0.15, -0.1) is 11.3 Å². The third-order valence-corrected chi connectivity index (χ3v) is 5.59. The lowest BCUT2D eigenvalue weighted by Gasteiger charge is -2.35. The number of hydrogen-bond donors (Lipinski definition) is 0. The first-order valence-electron chi connectivity index (χ1n) is 7.57. The lowest BCUT2D eigenvalue weighted by Crippen LogP contribution is -2.44. The van der Waals surface area contributed by atoms with E-state index in [1.54, 1.807) is 18.3 Å². The van der Waals surface area contributed by atoms with E-state index in [1.165, 1.54) is 16.9 Å². The summed E-state index contributed by atoms with van der Waals surface area (Å²) in [5.74, 6) is 0.332. The highest BCUT2D eigenvalue weighted by molar-refractivity contribution is 7.14. The smallest absolute Gasteiger partial charge is 0.264 e. The number of fused-ring (bicyclic) bond motifs is 1. The van der Waals surface area contributed by atoms with Crippen molar-refractivity contribution < 1.29 is 9.59 Å². The highest BCUT2D eigenvalue weighted by Gasteiger charge is 2.30. The first kappa shape index (κ1) is 13.8. The van der Waals surface area contributed by atoms with Gasteiger partial charge in [-0.3, -0.25) is 9.59 Å². The third kappa shape index (κ3) is 2.66. The zero-order valence-electron chi connectivity index (χ0n) is 12.0. The van der Waals surface area contributed by atoms with E-state index in [1.807, 2.05) is 4.90 Å². The molecule has 0 radical (unpaired) electrons. The molecule has 1 amide bonds. The van der Waals surface area contributed by atoms with Crippen molar-refractivity contribution in [3.63, 3.8) is 0 Å². The first-order valence-corrected chi connectivity index (χ1v) is 8.39. The molecule has 0 bridgehead atoms. The molecule has 1 unspecified atom stereocenters.